The second-order valence-corrected chi connectivity index (χ2v) is 5.83. The number of amides is 1. The summed E-state index contributed by atoms with van der Waals surface area (Å²) in [6.07, 6.45) is 2.94. The van der Waals surface area contributed by atoms with Crippen LogP contribution in [-0.2, 0) is 14.8 Å². The molecule has 5 nitrogen and oxygen atoms in total. The molecule has 1 amide bonds. The summed E-state index contributed by atoms with van der Waals surface area (Å²) < 4.78 is 26.3. The van der Waals surface area contributed by atoms with E-state index >= 15 is 0 Å². The largest absolute Gasteiger partial charge is 0.323 e. The Kier molecular flexibility index (Phi) is 3.49. The lowest BCUT2D eigenvalue weighted by Gasteiger charge is -2.06. The van der Waals surface area contributed by atoms with E-state index in [1.165, 1.54) is 12.1 Å². The van der Waals surface area contributed by atoms with Crippen molar-refractivity contribution in [1.82, 2.24) is 4.72 Å². The van der Waals surface area contributed by atoms with Crippen LogP contribution in [0.15, 0.2) is 41.8 Å². The molecule has 0 atom stereocenters. The lowest BCUT2D eigenvalue weighted by atomic mass is 10.3. The summed E-state index contributed by atoms with van der Waals surface area (Å²) in [5.41, 5.74) is 0.533. The van der Waals surface area contributed by atoms with Gasteiger partial charge in [0.15, 0.2) is 0 Å². The molecule has 0 unspecified atom stereocenters. The van der Waals surface area contributed by atoms with Crippen LogP contribution < -0.4 is 10.0 Å². The van der Waals surface area contributed by atoms with Crippen molar-refractivity contribution in [1.29, 1.82) is 0 Å². The number of hydrogen-bond acceptors (Lipinski definition) is 3. The van der Waals surface area contributed by atoms with E-state index in [9.17, 15) is 13.2 Å². The number of carbonyl (C=O) groups excluding carboxylic acids is 1. The van der Waals surface area contributed by atoms with E-state index < -0.39 is 10.0 Å². The summed E-state index contributed by atoms with van der Waals surface area (Å²) in [6.45, 7) is 3.34. The number of nitrogens with one attached hydrogen (secondary N) is 2. The Morgan fingerprint density at radius 3 is 2.39 bits per heavy atom. The fraction of sp³-hybridized carbons (Fsp3) is 0.250. The first-order chi connectivity index (χ1) is 8.51. The molecule has 1 aliphatic rings. The van der Waals surface area contributed by atoms with Gasteiger partial charge in [-0.3, -0.25) is 4.79 Å². The third-order valence-corrected chi connectivity index (χ3v) is 4.05. The van der Waals surface area contributed by atoms with Crippen LogP contribution in [0.4, 0.5) is 5.69 Å². The average molecular weight is 266 g/mol. The molecule has 2 N–H and O–H groups in total. The number of anilines is 1. The van der Waals surface area contributed by atoms with E-state index in [2.05, 4.69) is 16.6 Å². The van der Waals surface area contributed by atoms with Crippen LogP contribution in [0.2, 0.25) is 0 Å². The van der Waals surface area contributed by atoms with Crippen LogP contribution in [0.3, 0.4) is 0 Å². The van der Waals surface area contributed by atoms with E-state index in [1.807, 2.05) is 0 Å². The number of sulfonamides is 1. The van der Waals surface area contributed by atoms with Crippen molar-refractivity contribution in [2.24, 2.45) is 0 Å². The second-order valence-electron chi connectivity index (χ2n) is 4.11. The smallest absolute Gasteiger partial charge is 0.247 e. The van der Waals surface area contributed by atoms with Crippen molar-refractivity contribution in [3.8, 4) is 0 Å². The molecule has 1 fully saturated rings. The maximum absolute atomic E-state index is 11.9. The lowest BCUT2D eigenvalue weighted by Crippen LogP contribution is -2.25. The summed E-state index contributed by atoms with van der Waals surface area (Å²) in [4.78, 5) is 11.3. The van der Waals surface area contributed by atoms with Gasteiger partial charge in [-0.25, -0.2) is 13.1 Å². The summed E-state index contributed by atoms with van der Waals surface area (Å²) in [5.74, 6) is -0.332. The molecule has 6 heteroatoms. The molecular formula is C12H14N2O3S. The molecule has 0 aromatic heterocycles. The first-order valence-electron chi connectivity index (χ1n) is 5.57. The molecule has 1 aromatic carbocycles. The van der Waals surface area contributed by atoms with Crippen molar-refractivity contribution < 1.29 is 13.2 Å². The molecule has 2 rings (SSSR count). The Bertz CT molecular complexity index is 559. The molecule has 0 bridgehead atoms. The van der Waals surface area contributed by atoms with Crippen molar-refractivity contribution in [3.63, 3.8) is 0 Å². The topological polar surface area (TPSA) is 75.3 Å². The van der Waals surface area contributed by atoms with E-state index in [1.54, 1.807) is 12.1 Å². The van der Waals surface area contributed by atoms with Gasteiger partial charge in [0.2, 0.25) is 15.9 Å². The third-order valence-electron chi connectivity index (χ3n) is 2.52. The predicted molar refractivity (Wildman–Crippen MR) is 68.6 cm³/mol. The summed E-state index contributed by atoms with van der Waals surface area (Å²) in [7, 11) is -3.43. The van der Waals surface area contributed by atoms with Crippen LogP contribution in [0.25, 0.3) is 0 Å². The Balaban J connectivity index is 2.11. The van der Waals surface area contributed by atoms with Gasteiger partial charge in [-0.1, -0.05) is 6.58 Å². The zero-order chi connectivity index (χ0) is 13.2. The molecule has 18 heavy (non-hydrogen) atoms. The van der Waals surface area contributed by atoms with Crippen LogP contribution >= 0.6 is 0 Å². The van der Waals surface area contributed by atoms with E-state index in [-0.39, 0.29) is 16.8 Å². The second kappa shape index (κ2) is 4.91. The summed E-state index contributed by atoms with van der Waals surface area (Å²) in [5, 5.41) is 2.55. The van der Waals surface area contributed by atoms with Crippen LogP contribution in [0.1, 0.15) is 12.8 Å². The highest BCUT2D eigenvalue weighted by Crippen LogP contribution is 2.22. The number of rotatable bonds is 5. The zero-order valence-electron chi connectivity index (χ0n) is 9.72. The molecular weight excluding hydrogens is 252 g/mol. The van der Waals surface area contributed by atoms with Crippen LogP contribution in [-0.4, -0.2) is 20.4 Å². The Morgan fingerprint density at radius 2 is 1.89 bits per heavy atom. The van der Waals surface area contributed by atoms with E-state index in [4.69, 9.17) is 0 Å². The van der Waals surface area contributed by atoms with Gasteiger partial charge in [-0.15, -0.1) is 0 Å². The molecule has 1 aliphatic carbocycles. The first-order valence-corrected chi connectivity index (χ1v) is 7.05. The zero-order valence-corrected chi connectivity index (χ0v) is 10.5. The van der Waals surface area contributed by atoms with Gasteiger partial charge in [0.25, 0.3) is 0 Å². The minimum atomic E-state index is -3.43. The van der Waals surface area contributed by atoms with Gasteiger partial charge in [-0.05, 0) is 43.2 Å². The van der Waals surface area contributed by atoms with Gasteiger partial charge in [0.1, 0.15) is 0 Å². The molecule has 0 radical (unpaired) electrons. The van der Waals surface area contributed by atoms with Crippen molar-refractivity contribution >= 4 is 21.6 Å². The van der Waals surface area contributed by atoms with Gasteiger partial charge >= 0.3 is 0 Å². The monoisotopic (exact) mass is 266 g/mol. The minimum Gasteiger partial charge on any atom is -0.323 e. The highest BCUT2D eigenvalue weighted by molar-refractivity contribution is 7.89. The molecule has 1 aromatic rings. The normalized spacial score (nSPS) is 15.1. The quantitative estimate of drug-likeness (QED) is 0.788. The highest BCUT2D eigenvalue weighted by Gasteiger charge is 2.27. The van der Waals surface area contributed by atoms with Crippen molar-refractivity contribution in [3.05, 3.63) is 36.9 Å². The van der Waals surface area contributed by atoms with Crippen molar-refractivity contribution in [2.45, 2.75) is 23.8 Å². The van der Waals surface area contributed by atoms with E-state index in [0.717, 1.165) is 18.9 Å². The summed E-state index contributed by atoms with van der Waals surface area (Å²) in [6, 6.07) is 6.09. The molecule has 1 saturated carbocycles. The van der Waals surface area contributed by atoms with Crippen LogP contribution in [0.5, 0.6) is 0 Å². The minimum absolute atomic E-state index is 0.0788. The Labute approximate surface area is 106 Å². The molecule has 0 aliphatic heterocycles. The van der Waals surface area contributed by atoms with E-state index in [0.29, 0.717) is 5.69 Å². The summed E-state index contributed by atoms with van der Waals surface area (Å²) >= 11 is 0. The molecule has 0 spiro atoms. The Hall–Kier alpha value is -1.66. The predicted octanol–water partition coefficient (Wildman–Crippen LogP) is 1.25. The first kappa shape index (κ1) is 12.8. The maximum atomic E-state index is 11.9. The lowest BCUT2D eigenvalue weighted by molar-refractivity contribution is -0.111. The van der Waals surface area contributed by atoms with Gasteiger partial charge in [-0.2, -0.15) is 0 Å². The fourth-order valence-corrected chi connectivity index (χ4v) is 2.70. The molecule has 0 saturated heterocycles. The number of carbonyl (C=O) groups is 1. The molecule has 96 valence electrons. The maximum Gasteiger partial charge on any atom is 0.247 e. The fourth-order valence-electron chi connectivity index (χ4n) is 1.40. The van der Waals surface area contributed by atoms with Crippen molar-refractivity contribution in [2.75, 3.05) is 5.32 Å². The van der Waals surface area contributed by atoms with Gasteiger partial charge in [0.05, 0.1) is 4.90 Å². The SMILES string of the molecule is C=CC(=O)Nc1ccc(S(=O)(=O)NC2CC2)cc1. The third kappa shape index (κ3) is 3.18. The highest BCUT2D eigenvalue weighted by atomic mass is 32.2. The van der Waals surface area contributed by atoms with Gasteiger partial charge in [0, 0.05) is 11.7 Å². The van der Waals surface area contributed by atoms with Crippen LogP contribution in [0, 0.1) is 0 Å². The number of hydrogen-bond donors (Lipinski definition) is 2. The average Bonchev–Trinajstić information content (AvgIpc) is 3.13. The van der Waals surface area contributed by atoms with Gasteiger partial charge < -0.3 is 5.32 Å². The molecule has 0 heterocycles. The standard InChI is InChI=1S/C12H14N2O3S/c1-2-12(15)13-9-5-7-11(8-6-9)18(16,17)14-10-3-4-10/h2,5-8,10,14H,1,3-4H2,(H,13,15). The number of benzene rings is 1. The Morgan fingerprint density at radius 1 is 1.28 bits per heavy atom.